The first kappa shape index (κ1) is 17.7. The van der Waals surface area contributed by atoms with Crippen LogP contribution in [0.3, 0.4) is 0 Å². The topological polar surface area (TPSA) is 73.5 Å². The zero-order valence-corrected chi connectivity index (χ0v) is 14.0. The number of rotatable bonds is 5. The van der Waals surface area contributed by atoms with E-state index in [0.717, 1.165) is 0 Å². The van der Waals surface area contributed by atoms with Gasteiger partial charge in [0.25, 0.3) is 0 Å². The molecule has 1 heterocycles. The number of nitrogens with zero attached hydrogens (tertiary/aromatic N) is 2. The number of imidazole rings is 1. The number of carboxylic acids is 1. The Morgan fingerprint density at radius 2 is 1.85 bits per heavy atom. The Kier molecular flexibility index (Phi) is 4.50. The molecule has 1 N–H and O–H groups in total. The van der Waals surface area contributed by atoms with E-state index in [1.165, 1.54) is 45.5 Å². The first-order valence-corrected chi connectivity index (χ1v) is 7.85. The van der Waals surface area contributed by atoms with Crippen molar-refractivity contribution >= 4 is 17.0 Å². The molecule has 26 heavy (non-hydrogen) atoms. The predicted molar refractivity (Wildman–Crippen MR) is 91.5 cm³/mol. The number of hydrogen-bond acceptors (Lipinski definition) is 3. The number of carbonyl (C=O) groups is 1. The lowest BCUT2D eigenvalue weighted by molar-refractivity contribution is -0.0498. The van der Waals surface area contributed by atoms with Crippen molar-refractivity contribution in [1.29, 1.82) is 0 Å². The van der Waals surface area contributed by atoms with E-state index in [1.54, 1.807) is 19.9 Å². The number of ether oxygens (including phenoxy) is 1. The lowest BCUT2D eigenvalue weighted by Gasteiger charge is -2.08. The molecule has 0 saturated heterocycles. The van der Waals surface area contributed by atoms with Gasteiger partial charge in [0.05, 0.1) is 22.3 Å². The van der Waals surface area contributed by atoms with E-state index >= 15 is 0 Å². The maximum Gasteiger partial charge on any atom is 0.387 e. The highest BCUT2D eigenvalue weighted by Crippen LogP contribution is 2.24. The molecule has 0 bridgehead atoms. The molecule has 0 aliphatic carbocycles. The molecule has 136 valence electrons. The maximum absolute atomic E-state index is 12.9. The number of aromatic nitrogens is 2. The quantitative estimate of drug-likeness (QED) is 0.752. The third-order valence-electron chi connectivity index (χ3n) is 3.94. The molecule has 0 spiro atoms. The fourth-order valence-electron chi connectivity index (χ4n) is 2.90. The van der Waals surface area contributed by atoms with Gasteiger partial charge in [-0.1, -0.05) is 6.07 Å². The van der Waals surface area contributed by atoms with Gasteiger partial charge in [0.1, 0.15) is 5.75 Å². The van der Waals surface area contributed by atoms with Crippen LogP contribution in [0.1, 0.15) is 30.2 Å². The Balaban J connectivity index is 2.28. The van der Waals surface area contributed by atoms with Crippen molar-refractivity contribution in [2.45, 2.75) is 26.5 Å². The van der Waals surface area contributed by atoms with Crippen LogP contribution >= 0.6 is 0 Å². The van der Waals surface area contributed by atoms with Crippen LogP contribution in [-0.2, 0) is 0 Å². The third kappa shape index (κ3) is 3.05. The second kappa shape index (κ2) is 6.62. The lowest BCUT2D eigenvalue weighted by atomic mass is 10.2. The molecule has 0 atom stereocenters. The van der Waals surface area contributed by atoms with Crippen LogP contribution in [0.2, 0.25) is 0 Å². The number of carboxylic acid groups (broad SMARTS) is 1. The smallest absolute Gasteiger partial charge is 0.387 e. The molecule has 0 saturated carbocycles. The minimum absolute atomic E-state index is 0.0545. The zero-order chi connectivity index (χ0) is 19.0. The standard InChI is InChI=1S/C18H16F2N2O4/c1-10(2)21-15-8-11(16(23)24)6-7-14(15)22(18(21)25)12-4-3-5-13(9-12)26-17(19)20/h3-10,17H,1-2H3,(H,23,24). The molecular formula is C18H16F2N2O4. The molecule has 0 aliphatic rings. The van der Waals surface area contributed by atoms with Gasteiger partial charge >= 0.3 is 18.3 Å². The summed E-state index contributed by atoms with van der Waals surface area (Å²) in [4.78, 5) is 24.2. The summed E-state index contributed by atoms with van der Waals surface area (Å²) in [5.41, 5.74) is 0.930. The molecule has 0 unspecified atom stereocenters. The third-order valence-corrected chi connectivity index (χ3v) is 3.94. The highest BCUT2D eigenvalue weighted by molar-refractivity contribution is 5.93. The van der Waals surface area contributed by atoms with Crippen LogP contribution in [0.25, 0.3) is 16.7 Å². The van der Waals surface area contributed by atoms with E-state index in [4.69, 9.17) is 0 Å². The van der Waals surface area contributed by atoms with E-state index in [1.807, 2.05) is 0 Å². The highest BCUT2D eigenvalue weighted by Gasteiger charge is 2.19. The molecule has 3 rings (SSSR count). The molecule has 3 aromatic rings. The van der Waals surface area contributed by atoms with E-state index < -0.39 is 18.3 Å². The van der Waals surface area contributed by atoms with Crippen LogP contribution in [0, 0.1) is 0 Å². The number of benzene rings is 2. The first-order valence-electron chi connectivity index (χ1n) is 7.85. The highest BCUT2D eigenvalue weighted by atomic mass is 19.3. The number of alkyl halides is 2. The maximum atomic E-state index is 12.9. The Labute approximate surface area is 146 Å². The monoisotopic (exact) mass is 362 g/mol. The summed E-state index contributed by atoms with van der Waals surface area (Å²) in [6.45, 7) is 0.626. The molecule has 2 aromatic carbocycles. The van der Waals surface area contributed by atoms with Crippen molar-refractivity contribution in [1.82, 2.24) is 9.13 Å². The van der Waals surface area contributed by atoms with Gasteiger partial charge < -0.3 is 9.84 Å². The summed E-state index contributed by atoms with van der Waals surface area (Å²) in [5.74, 6) is -1.17. The Hall–Kier alpha value is -3.16. The van der Waals surface area contributed by atoms with Crippen molar-refractivity contribution in [2.75, 3.05) is 0 Å². The van der Waals surface area contributed by atoms with Crippen LogP contribution in [-0.4, -0.2) is 26.8 Å². The minimum atomic E-state index is -2.97. The molecule has 6 nitrogen and oxygen atoms in total. The minimum Gasteiger partial charge on any atom is -0.478 e. The number of aromatic carboxylic acids is 1. The van der Waals surface area contributed by atoms with Gasteiger partial charge in [-0.15, -0.1) is 0 Å². The van der Waals surface area contributed by atoms with Crippen molar-refractivity contribution in [2.24, 2.45) is 0 Å². The zero-order valence-electron chi connectivity index (χ0n) is 14.0. The molecule has 8 heteroatoms. The van der Waals surface area contributed by atoms with E-state index in [0.29, 0.717) is 16.7 Å². The summed E-state index contributed by atoms with van der Waals surface area (Å²) in [7, 11) is 0. The molecule has 0 radical (unpaired) electrons. The fourth-order valence-corrected chi connectivity index (χ4v) is 2.90. The predicted octanol–water partition coefficient (Wildman–Crippen LogP) is 3.67. The van der Waals surface area contributed by atoms with Crippen molar-refractivity contribution in [3.63, 3.8) is 0 Å². The summed E-state index contributed by atoms with van der Waals surface area (Å²) in [6.07, 6.45) is 0. The van der Waals surface area contributed by atoms with Gasteiger partial charge in [-0.2, -0.15) is 8.78 Å². The van der Waals surface area contributed by atoms with Crippen LogP contribution < -0.4 is 10.4 Å². The number of halogens is 2. The van der Waals surface area contributed by atoms with E-state index in [-0.39, 0.29) is 17.4 Å². The summed E-state index contributed by atoms with van der Waals surface area (Å²) >= 11 is 0. The molecule has 0 amide bonds. The molecule has 0 aliphatic heterocycles. The lowest BCUT2D eigenvalue weighted by Crippen LogP contribution is -2.24. The second-order valence-electron chi connectivity index (χ2n) is 5.97. The molecular weight excluding hydrogens is 346 g/mol. The Morgan fingerprint density at radius 1 is 1.12 bits per heavy atom. The fraction of sp³-hybridized carbons (Fsp3) is 0.222. The largest absolute Gasteiger partial charge is 0.478 e. The van der Waals surface area contributed by atoms with Crippen LogP contribution in [0.4, 0.5) is 8.78 Å². The van der Waals surface area contributed by atoms with Crippen molar-refractivity contribution < 1.29 is 23.4 Å². The van der Waals surface area contributed by atoms with Gasteiger partial charge in [0.2, 0.25) is 0 Å². The number of fused-ring (bicyclic) bond motifs is 1. The van der Waals surface area contributed by atoms with Crippen molar-refractivity contribution in [3.05, 3.63) is 58.5 Å². The van der Waals surface area contributed by atoms with Crippen LogP contribution in [0.5, 0.6) is 5.75 Å². The molecule has 1 aromatic heterocycles. The SMILES string of the molecule is CC(C)n1c(=O)n(-c2cccc(OC(F)F)c2)c2ccc(C(=O)O)cc21. The van der Waals surface area contributed by atoms with Gasteiger partial charge in [0.15, 0.2) is 0 Å². The van der Waals surface area contributed by atoms with E-state index in [2.05, 4.69) is 4.74 Å². The van der Waals surface area contributed by atoms with Gasteiger partial charge in [-0.3, -0.25) is 9.13 Å². The normalized spacial score (nSPS) is 11.5. The second-order valence-corrected chi connectivity index (χ2v) is 5.97. The van der Waals surface area contributed by atoms with Crippen molar-refractivity contribution in [3.8, 4) is 11.4 Å². The van der Waals surface area contributed by atoms with Crippen LogP contribution in [0.15, 0.2) is 47.3 Å². The summed E-state index contributed by atoms with van der Waals surface area (Å²) in [6, 6.07) is 9.92. The summed E-state index contributed by atoms with van der Waals surface area (Å²) < 4.78 is 32.1. The Bertz CT molecular complexity index is 1040. The van der Waals surface area contributed by atoms with E-state index in [9.17, 15) is 23.5 Å². The van der Waals surface area contributed by atoms with Gasteiger partial charge in [-0.25, -0.2) is 9.59 Å². The molecule has 0 fully saturated rings. The summed E-state index contributed by atoms with van der Waals surface area (Å²) in [5, 5.41) is 9.21. The first-order chi connectivity index (χ1) is 12.3. The Morgan fingerprint density at radius 3 is 2.46 bits per heavy atom. The number of hydrogen-bond donors (Lipinski definition) is 1. The van der Waals surface area contributed by atoms with Gasteiger partial charge in [-0.05, 0) is 44.2 Å². The van der Waals surface area contributed by atoms with Gasteiger partial charge in [0, 0.05) is 12.1 Å². The average Bonchev–Trinajstić information content (AvgIpc) is 2.85. The average molecular weight is 362 g/mol.